The van der Waals surface area contributed by atoms with E-state index in [9.17, 15) is 14.5 Å². The van der Waals surface area contributed by atoms with Crippen LogP contribution in [-0.2, 0) is 0 Å². The van der Waals surface area contributed by atoms with Crippen LogP contribution in [0.1, 0.15) is 11.1 Å². The Labute approximate surface area is 132 Å². The van der Waals surface area contributed by atoms with Crippen LogP contribution in [0.5, 0.6) is 5.75 Å². The van der Waals surface area contributed by atoms with Crippen molar-refractivity contribution in [2.75, 3.05) is 13.3 Å². The molecule has 0 heterocycles. The number of alkyl halides is 1. The summed E-state index contributed by atoms with van der Waals surface area (Å²) in [7, 11) is 0. The van der Waals surface area contributed by atoms with Gasteiger partial charge in [-0.1, -0.05) is 24.3 Å². The summed E-state index contributed by atoms with van der Waals surface area (Å²) in [4.78, 5) is 10.1. The Morgan fingerprint density at radius 2 is 1.61 bits per heavy atom. The lowest BCUT2D eigenvalue weighted by atomic mass is 10.1. The van der Waals surface area contributed by atoms with Crippen LogP contribution < -0.4 is 4.74 Å². The first-order valence-corrected chi connectivity index (χ1v) is 6.98. The van der Waals surface area contributed by atoms with Crippen molar-refractivity contribution in [3.63, 3.8) is 0 Å². The average Bonchev–Trinajstić information content (AvgIpc) is 2.59. The van der Waals surface area contributed by atoms with Crippen LogP contribution in [0.3, 0.4) is 0 Å². The van der Waals surface area contributed by atoms with Crippen LogP contribution in [0.25, 0.3) is 12.2 Å². The molecule has 5 nitrogen and oxygen atoms in total. The van der Waals surface area contributed by atoms with Crippen LogP contribution in [0.15, 0.2) is 48.5 Å². The van der Waals surface area contributed by atoms with E-state index < -0.39 is 17.7 Å². The number of aliphatic hydroxyl groups excluding tert-OH is 1. The van der Waals surface area contributed by atoms with Gasteiger partial charge in [0.05, 0.1) is 11.5 Å². The molecule has 0 aromatic heterocycles. The third-order valence-corrected chi connectivity index (χ3v) is 3.13. The smallest absolute Gasteiger partial charge is 0.269 e. The van der Waals surface area contributed by atoms with Gasteiger partial charge in [0.25, 0.3) is 5.69 Å². The Balaban J connectivity index is 2.01. The Morgan fingerprint density at radius 1 is 1.09 bits per heavy atom. The fourth-order valence-corrected chi connectivity index (χ4v) is 1.87. The quantitative estimate of drug-likeness (QED) is 0.482. The Morgan fingerprint density at radius 3 is 2.04 bits per heavy atom. The minimum absolute atomic E-state index is 0.0509. The van der Waals surface area contributed by atoms with Crippen molar-refractivity contribution in [3.8, 4) is 5.75 Å². The number of halogens is 1. The van der Waals surface area contributed by atoms with Gasteiger partial charge in [0.1, 0.15) is 18.5 Å². The lowest BCUT2D eigenvalue weighted by Gasteiger charge is -2.13. The average molecular weight is 317 g/mol. The van der Waals surface area contributed by atoms with Crippen molar-refractivity contribution < 1.29 is 19.2 Å². The molecular weight excluding hydrogens is 301 g/mol. The van der Waals surface area contributed by atoms with Crippen LogP contribution in [0.2, 0.25) is 0 Å². The summed E-state index contributed by atoms with van der Waals surface area (Å²) < 4.78 is 17.7. The van der Waals surface area contributed by atoms with Gasteiger partial charge in [-0.2, -0.15) is 0 Å². The maximum Gasteiger partial charge on any atom is 0.269 e. The van der Waals surface area contributed by atoms with Crippen molar-refractivity contribution in [2.45, 2.75) is 6.10 Å². The zero-order valence-electron chi connectivity index (χ0n) is 12.3. The molecule has 23 heavy (non-hydrogen) atoms. The molecule has 6 heteroatoms. The summed E-state index contributed by atoms with van der Waals surface area (Å²) in [5.74, 6) is 0.481. The highest BCUT2D eigenvalue weighted by Crippen LogP contribution is 2.17. The Hall–Kier alpha value is -2.73. The van der Waals surface area contributed by atoms with Gasteiger partial charge >= 0.3 is 0 Å². The second-order valence-corrected chi connectivity index (χ2v) is 4.83. The molecule has 0 amide bonds. The zero-order chi connectivity index (χ0) is 16.7. The lowest BCUT2D eigenvalue weighted by Crippen LogP contribution is -2.23. The molecule has 0 aliphatic heterocycles. The number of nitro benzene ring substituents is 1. The van der Waals surface area contributed by atoms with E-state index in [1.807, 2.05) is 12.2 Å². The maximum absolute atomic E-state index is 12.5. The van der Waals surface area contributed by atoms with E-state index in [-0.39, 0.29) is 12.3 Å². The van der Waals surface area contributed by atoms with E-state index >= 15 is 0 Å². The van der Waals surface area contributed by atoms with Crippen LogP contribution in [-0.4, -0.2) is 29.4 Å². The number of benzene rings is 2. The largest absolute Gasteiger partial charge is 0.485 e. The SMILES string of the molecule is O=[N+]([O-])c1ccc(C=Cc2ccc(OC(CO)CF)cc2)cc1. The summed E-state index contributed by atoms with van der Waals surface area (Å²) in [5.41, 5.74) is 1.79. The fourth-order valence-electron chi connectivity index (χ4n) is 1.87. The molecule has 0 fully saturated rings. The van der Waals surface area contributed by atoms with Crippen molar-refractivity contribution >= 4 is 17.8 Å². The van der Waals surface area contributed by atoms with E-state index in [0.29, 0.717) is 5.75 Å². The Bertz CT molecular complexity index is 664. The van der Waals surface area contributed by atoms with Crippen molar-refractivity contribution in [1.82, 2.24) is 0 Å². The summed E-state index contributed by atoms with van der Waals surface area (Å²) >= 11 is 0. The van der Waals surface area contributed by atoms with Gasteiger partial charge in [0.2, 0.25) is 0 Å². The van der Waals surface area contributed by atoms with E-state index in [4.69, 9.17) is 9.84 Å². The van der Waals surface area contributed by atoms with Gasteiger partial charge in [-0.25, -0.2) is 4.39 Å². The van der Waals surface area contributed by atoms with E-state index in [0.717, 1.165) is 11.1 Å². The molecule has 0 aliphatic rings. The zero-order valence-corrected chi connectivity index (χ0v) is 12.3. The maximum atomic E-state index is 12.5. The fraction of sp³-hybridized carbons (Fsp3) is 0.176. The molecule has 0 saturated carbocycles. The highest BCUT2D eigenvalue weighted by atomic mass is 19.1. The first-order valence-electron chi connectivity index (χ1n) is 6.98. The van der Waals surface area contributed by atoms with E-state index in [1.165, 1.54) is 12.1 Å². The summed E-state index contributed by atoms with van der Waals surface area (Å²) in [6, 6.07) is 13.2. The minimum atomic E-state index is -0.850. The molecule has 0 saturated heterocycles. The van der Waals surface area contributed by atoms with Crippen molar-refractivity contribution in [2.24, 2.45) is 0 Å². The molecule has 120 valence electrons. The van der Waals surface area contributed by atoms with Gasteiger partial charge in [0, 0.05) is 12.1 Å². The molecular formula is C17H16FNO4. The van der Waals surface area contributed by atoms with Crippen LogP contribution >= 0.6 is 0 Å². The number of rotatable bonds is 7. The molecule has 2 aromatic rings. The predicted octanol–water partition coefficient (Wildman–Crippen LogP) is 3.47. The second kappa shape index (κ2) is 8.05. The third-order valence-electron chi connectivity index (χ3n) is 3.13. The minimum Gasteiger partial charge on any atom is -0.485 e. The van der Waals surface area contributed by atoms with Crippen LogP contribution in [0, 0.1) is 10.1 Å². The number of aliphatic hydroxyl groups is 1. The molecule has 1 N–H and O–H groups in total. The number of nitro groups is 1. The highest BCUT2D eigenvalue weighted by molar-refractivity contribution is 5.70. The molecule has 0 aliphatic carbocycles. The van der Waals surface area contributed by atoms with Gasteiger partial charge in [-0.3, -0.25) is 10.1 Å². The molecule has 1 atom stereocenters. The first-order chi connectivity index (χ1) is 11.1. The summed E-state index contributed by atoms with van der Waals surface area (Å²) in [5, 5.41) is 19.5. The molecule has 0 radical (unpaired) electrons. The third kappa shape index (κ3) is 4.89. The second-order valence-electron chi connectivity index (χ2n) is 4.83. The van der Waals surface area contributed by atoms with Crippen molar-refractivity contribution in [3.05, 3.63) is 69.8 Å². The summed E-state index contributed by atoms with van der Waals surface area (Å²) in [6.07, 6.45) is 2.83. The normalized spacial score (nSPS) is 12.3. The standard InChI is InChI=1S/C17H16FNO4/c18-11-17(12-20)23-16-9-5-14(6-10-16)2-1-13-3-7-15(8-4-13)19(21)22/h1-10,17,20H,11-12H2. The summed E-state index contributed by atoms with van der Waals surface area (Å²) in [6.45, 7) is -1.13. The monoisotopic (exact) mass is 317 g/mol. The van der Waals surface area contributed by atoms with E-state index in [2.05, 4.69) is 0 Å². The van der Waals surface area contributed by atoms with Crippen LogP contribution in [0.4, 0.5) is 10.1 Å². The van der Waals surface area contributed by atoms with Gasteiger partial charge in [-0.15, -0.1) is 0 Å². The molecule has 0 bridgehead atoms. The number of hydrogen-bond donors (Lipinski definition) is 1. The topological polar surface area (TPSA) is 72.6 Å². The Kier molecular flexibility index (Phi) is 5.82. The van der Waals surface area contributed by atoms with Gasteiger partial charge < -0.3 is 9.84 Å². The van der Waals surface area contributed by atoms with E-state index in [1.54, 1.807) is 36.4 Å². The van der Waals surface area contributed by atoms with Gasteiger partial charge in [-0.05, 0) is 35.4 Å². The molecule has 2 rings (SSSR count). The molecule has 0 spiro atoms. The molecule has 1 unspecified atom stereocenters. The molecule has 2 aromatic carbocycles. The number of nitrogens with zero attached hydrogens (tertiary/aromatic N) is 1. The first kappa shape index (κ1) is 16.6. The number of hydrogen-bond acceptors (Lipinski definition) is 4. The van der Waals surface area contributed by atoms with Gasteiger partial charge in [0.15, 0.2) is 0 Å². The lowest BCUT2D eigenvalue weighted by molar-refractivity contribution is -0.384. The van der Waals surface area contributed by atoms with Crippen molar-refractivity contribution in [1.29, 1.82) is 0 Å². The number of non-ortho nitro benzene ring substituents is 1. The number of ether oxygens (including phenoxy) is 1. The predicted molar refractivity (Wildman–Crippen MR) is 85.9 cm³/mol. The highest BCUT2D eigenvalue weighted by Gasteiger charge is 2.07.